The number of ether oxygens (including phenoxy) is 2. The molecule has 1 aromatic heterocycles. The number of aromatic nitrogens is 3. The Hall–Kier alpha value is -1.79. The van der Waals surface area contributed by atoms with E-state index in [-0.39, 0.29) is 12.0 Å². The van der Waals surface area contributed by atoms with Crippen LogP contribution in [0.25, 0.3) is 0 Å². The third-order valence-corrected chi connectivity index (χ3v) is 3.04. The second-order valence-electron chi connectivity index (χ2n) is 3.87. The third kappa shape index (κ3) is 4.34. The lowest BCUT2D eigenvalue weighted by Crippen LogP contribution is -2.07. The average molecular weight is 329 g/mol. The molecule has 0 aliphatic carbocycles. The molecule has 0 radical (unpaired) electrons. The largest absolute Gasteiger partial charge is 0.464 e. The van der Waals surface area contributed by atoms with Gasteiger partial charge in [0.15, 0.2) is 0 Å². The van der Waals surface area contributed by atoms with Gasteiger partial charge in [0, 0.05) is 12.6 Å². The first kappa shape index (κ1) is 15.6. The van der Waals surface area contributed by atoms with Crippen molar-refractivity contribution in [2.75, 3.05) is 18.5 Å². The lowest BCUT2D eigenvalue weighted by Gasteiger charge is -2.09. The molecule has 1 heterocycles. The maximum Gasteiger partial charge on any atom is 0.330 e. The maximum atomic E-state index is 5.94. The Kier molecular flexibility index (Phi) is 5.41. The van der Waals surface area contributed by atoms with E-state index in [0.717, 1.165) is 0 Å². The molecule has 2 aromatic rings. The highest BCUT2D eigenvalue weighted by molar-refractivity contribution is 6.42. The van der Waals surface area contributed by atoms with Gasteiger partial charge in [-0.25, -0.2) is 0 Å². The van der Waals surface area contributed by atoms with Crippen LogP contribution in [0, 0.1) is 0 Å². The second-order valence-corrected chi connectivity index (χ2v) is 4.68. The molecule has 0 spiro atoms. The van der Waals surface area contributed by atoms with Crippen molar-refractivity contribution in [1.82, 2.24) is 15.0 Å². The van der Waals surface area contributed by atoms with Crippen LogP contribution in [0.2, 0.25) is 10.0 Å². The summed E-state index contributed by atoms with van der Waals surface area (Å²) in [6, 6.07) is 5.20. The van der Waals surface area contributed by atoms with Gasteiger partial charge in [-0.15, -0.1) is 4.98 Å². The predicted octanol–water partition coefficient (Wildman–Crippen LogP) is 3.80. The van der Waals surface area contributed by atoms with E-state index in [1.54, 1.807) is 18.2 Å². The van der Waals surface area contributed by atoms with E-state index in [1.165, 1.54) is 0 Å². The first-order chi connectivity index (χ1) is 10.1. The summed E-state index contributed by atoms with van der Waals surface area (Å²) in [6.07, 6.45) is 0. The van der Waals surface area contributed by atoms with Crippen LogP contribution in [0.15, 0.2) is 18.2 Å². The van der Waals surface area contributed by atoms with Crippen molar-refractivity contribution in [3.05, 3.63) is 28.2 Å². The van der Waals surface area contributed by atoms with Crippen LogP contribution >= 0.6 is 23.2 Å². The smallest absolute Gasteiger partial charge is 0.330 e. The molecule has 0 aliphatic rings. The average Bonchev–Trinajstić information content (AvgIpc) is 2.43. The Labute approximate surface area is 132 Å². The van der Waals surface area contributed by atoms with Crippen molar-refractivity contribution >= 4 is 29.2 Å². The minimum atomic E-state index is 0.114. The Morgan fingerprint density at radius 2 is 1.81 bits per heavy atom. The van der Waals surface area contributed by atoms with Crippen molar-refractivity contribution in [2.45, 2.75) is 13.8 Å². The standard InChI is InChI=1S/C13H14Cl2N4O2/c1-3-16-11-17-12(20-4-2)19-13(18-11)21-8-5-6-9(14)10(15)7-8/h5-7H,3-4H2,1-2H3,(H,16,17,18,19). The Morgan fingerprint density at radius 1 is 1.05 bits per heavy atom. The van der Waals surface area contributed by atoms with Crippen LogP contribution in [-0.4, -0.2) is 28.1 Å². The molecule has 0 fully saturated rings. The molecule has 0 saturated carbocycles. The highest BCUT2D eigenvalue weighted by Gasteiger charge is 2.10. The summed E-state index contributed by atoms with van der Waals surface area (Å²) in [4.78, 5) is 12.3. The molecule has 21 heavy (non-hydrogen) atoms. The number of hydrogen-bond donors (Lipinski definition) is 1. The van der Waals surface area contributed by atoms with Crippen LogP contribution in [0.5, 0.6) is 17.8 Å². The topological polar surface area (TPSA) is 69.2 Å². The monoisotopic (exact) mass is 328 g/mol. The van der Waals surface area contributed by atoms with E-state index < -0.39 is 0 Å². The van der Waals surface area contributed by atoms with Gasteiger partial charge in [-0.05, 0) is 26.0 Å². The molecule has 0 atom stereocenters. The third-order valence-electron chi connectivity index (χ3n) is 2.30. The van der Waals surface area contributed by atoms with E-state index >= 15 is 0 Å². The molecule has 0 saturated heterocycles. The molecule has 8 heteroatoms. The summed E-state index contributed by atoms with van der Waals surface area (Å²) in [5, 5.41) is 3.82. The number of nitrogens with zero attached hydrogens (tertiary/aromatic N) is 3. The summed E-state index contributed by atoms with van der Waals surface area (Å²) < 4.78 is 10.8. The molecule has 6 nitrogen and oxygen atoms in total. The molecule has 0 aliphatic heterocycles. The molecular weight excluding hydrogens is 315 g/mol. The van der Waals surface area contributed by atoms with Gasteiger partial charge in [-0.1, -0.05) is 23.2 Å². The summed E-state index contributed by atoms with van der Waals surface area (Å²) in [5.41, 5.74) is 0. The number of anilines is 1. The number of hydrogen-bond acceptors (Lipinski definition) is 6. The van der Waals surface area contributed by atoms with Crippen molar-refractivity contribution in [3.63, 3.8) is 0 Å². The van der Waals surface area contributed by atoms with Crippen molar-refractivity contribution < 1.29 is 9.47 Å². The quantitative estimate of drug-likeness (QED) is 0.869. The zero-order chi connectivity index (χ0) is 15.2. The Morgan fingerprint density at radius 3 is 2.48 bits per heavy atom. The lowest BCUT2D eigenvalue weighted by molar-refractivity contribution is 0.304. The summed E-state index contributed by atoms with van der Waals surface area (Å²) >= 11 is 11.8. The van der Waals surface area contributed by atoms with Gasteiger partial charge in [0.25, 0.3) is 0 Å². The number of rotatable bonds is 6. The predicted molar refractivity (Wildman–Crippen MR) is 81.7 cm³/mol. The molecule has 2 rings (SSSR count). The zero-order valence-corrected chi connectivity index (χ0v) is 13.1. The zero-order valence-electron chi connectivity index (χ0n) is 11.6. The van der Waals surface area contributed by atoms with Crippen LogP contribution in [0.3, 0.4) is 0 Å². The Bertz CT molecular complexity index is 601. The second kappa shape index (κ2) is 7.28. The van der Waals surface area contributed by atoms with Gasteiger partial charge in [0.1, 0.15) is 5.75 Å². The van der Waals surface area contributed by atoms with Gasteiger partial charge < -0.3 is 14.8 Å². The van der Waals surface area contributed by atoms with E-state index in [2.05, 4.69) is 20.3 Å². The van der Waals surface area contributed by atoms with Crippen molar-refractivity contribution in [2.24, 2.45) is 0 Å². The minimum Gasteiger partial charge on any atom is -0.464 e. The highest BCUT2D eigenvalue weighted by atomic mass is 35.5. The molecule has 0 unspecified atom stereocenters. The molecule has 112 valence electrons. The fourth-order valence-electron chi connectivity index (χ4n) is 1.46. The maximum absolute atomic E-state index is 5.94. The number of nitrogens with one attached hydrogen (secondary N) is 1. The minimum absolute atomic E-state index is 0.114. The van der Waals surface area contributed by atoms with E-state index in [4.69, 9.17) is 32.7 Å². The molecule has 1 aromatic carbocycles. The normalized spacial score (nSPS) is 10.3. The Balaban J connectivity index is 2.26. The fraction of sp³-hybridized carbons (Fsp3) is 0.308. The van der Waals surface area contributed by atoms with Gasteiger partial charge in [-0.2, -0.15) is 9.97 Å². The fourth-order valence-corrected chi connectivity index (χ4v) is 1.75. The van der Waals surface area contributed by atoms with Gasteiger partial charge in [-0.3, -0.25) is 0 Å². The van der Waals surface area contributed by atoms with E-state index in [1.807, 2.05) is 13.8 Å². The van der Waals surface area contributed by atoms with Crippen LogP contribution in [-0.2, 0) is 0 Å². The number of benzene rings is 1. The molecule has 0 amide bonds. The molecule has 1 N–H and O–H groups in total. The van der Waals surface area contributed by atoms with Crippen LogP contribution in [0.4, 0.5) is 5.95 Å². The first-order valence-electron chi connectivity index (χ1n) is 6.38. The van der Waals surface area contributed by atoms with Crippen LogP contribution in [0.1, 0.15) is 13.8 Å². The molecular formula is C13H14Cl2N4O2. The van der Waals surface area contributed by atoms with Gasteiger partial charge in [0.05, 0.1) is 16.7 Å². The summed E-state index contributed by atoms with van der Waals surface area (Å²) in [5.74, 6) is 0.853. The van der Waals surface area contributed by atoms with Gasteiger partial charge >= 0.3 is 12.0 Å². The lowest BCUT2D eigenvalue weighted by atomic mass is 10.3. The summed E-state index contributed by atoms with van der Waals surface area (Å²) in [6.45, 7) is 4.89. The summed E-state index contributed by atoms with van der Waals surface area (Å²) in [7, 11) is 0. The highest BCUT2D eigenvalue weighted by Crippen LogP contribution is 2.28. The molecule has 0 bridgehead atoms. The van der Waals surface area contributed by atoms with Crippen LogP contribution < -0.4 is 14.8 Å². The first-order valence-corrected chi connectivity index (χ1v) is 7.13. The number of halogens is 2. The van der Waals surface area contributed by atoms with Crippen molar-refractivity contribution in [3.8, 4) is 17.8 Å². The van der Waals surface area contributed by atoms with Gasteiger partial charge in [0.2, 0.25) is 5.95 Å². The van der Waals surface area contributed by atoms with E-state index in [0.29, 0.717) is 34.9 Å². The van der Waals surface area contributed by atoms with Crippen molar-refractivity contribution in [1.29, 1.82) is 0 Å². The SMILES string of the molecule is CCNc1nc(OCC)nc(Oc2ccc(Cl)c(Cl)c2)n1. The van der Waals surface area contributed by atoms with E-state index in [9.17, 15) is 0 Å².